The minimum atomic E-state index is -4.00. The van der Waals surface area contributed by atoms with Gasteiger partial charge < -0.3 is 10.8 Å². The van der Waals surface area contributed by atoms with Crippen LogP contribution in [-0.2, 0) is 14.8 Å². The van der Waals surface area contributed by atoms with E-state index in [0.717, 1.165) is 4.31 Å². The van der Waals surface area contributed by atoms with Gasteiger partial charge in [0, 0.05) is 12.1 Å². The fraction of sp³-hybridized carbons (Fsp3) is 0.429. The molecule has 0 spiro atoms. The number of rotatable bonds is 4. The Bertz CT molecular complexity index is 701. The highest BCUT2D eigenvalue weighted by atomic mass is 32.2. The predicted octanol–water partition coefficient (Wildman–Crippen LogP) is 0.659. The Morgan fingerprint density at radius 3 is 2.64 bits per heavy atom. The van der Waals surface area contributed by atoms with Crippen LogP contribution in [0.25, 0.3) is 0 Å². The van der Waals surface area contributed by atoms with Crippen LogP contribution in [0.4, 0.5) is 0 Å². The number of hydrogen-bond acceptors (Lipinski definition) is 4. The summed E-state index contributed by atoms with van der Waals surface area (Å²) in [6.45, 7) is 1.87. The first kappa shape index (κ1) is 16.4. The largest absolute Gasteiger partial charge is 0.480 e. The van der Waals surface area contributed by atoms with Crippen molar-refractivity contribution in [2.45, 2.75) is 30.7 Å². The fourth-order valence-electron chi connectivity index (χ4n) is 2.73. The molecule has 1 aromatic carbocycles. The summed E-state index contributed by atoms with van der Waals surface area (Å²) in [7, 11) is -4.00. The van der Waals surface area contributed by atoms with E-state index in [1.165, 1.54) is 24.3 Å². The first-order valence-corrected chi connectivity index (χ1v) is 8.33. The summed E-state index contributed by atoms with van der Waals surface area (Å²) in [6, 6.07) is 4.23. The number of primary amides is 1. The normalized spacial score (nSPS) is 23.1. The van der Waals surface area contributed by atoms with Gasteiger partial charge in [-0.15, -0.1) is 0 Å². The Hall–Kier alpha value is -1.93. The zero-order chi connectivity index (χ0) is 16.5. The summed E-state index contributed by atoms with van der Waals surface area (Å²) in [5, 5.41) is 9.35. The van der Waals surface area contributed by atoms with Gasteiger partial charge >= 0.3 is 5.97 Å². The van der Waals surface area contributed by atoms with E-state index in [1.807, 2.05) is 0 Å². The van der Waals surface area contributed by atoms with Crippen molar-refractivity contribution < 1.29 is 23.1 Å². The quantitative estimate of drug-likeness (QED) is 0.842. The second-order valence-corrected chi connectivity index (χ2v) is 7.30. The maximum Gasteiger partial charge on any atom is 0.322 e. The first-order chi connectivity index (χ1) is 10.2. The van der Waals surface area contributed by atoms with Crippen molar-refractivity contribution >= 4 is 21.9 Å². The second-order valence-electron chi connectivity index (χ2n) is 5.41. The van der Waals surface area contributed by atoms with Crippen LogP contribution in [0, 0.1) is 5.92 Å². The summed E-state index contributed by atoms with van der Waals surface area (Å²) in [5.74, 6) is -2.18. The fourth-order valence-corrected chi connectivity index (χ4v) is 4.50. The van der Waals surface area contributed by atoms with Gasteiger partial charge in [0.05, 0.1) is 4.90 Å². The summed E-state index contributed by atoms with van der Waals surface area (Å²) in [5.41, 5.74) is 5.23. The van der Waals surface area contributed by atoms with Crippen molar-refractivity contribution in [2.24, 2.45) is 11.7 Å². The van der Waals surface area contributed by atoms with E-state index in [-0.39, 0.29) is 22.9 Å². The molecule has 0 bridgehead atoms. The summed E-state index contributed by atoms with van der Waals surface area (Å²) >= 11 is 0. The maximum absolute atomic E-state index is 12.7. The SMILES string of the molecule is C[C@@H]1CCCN(S(=O)(=O)c2cccc(C(N)=O)c2)[C@@H]1C(=O)O. The van der Waals surface area contributed by atoms with Crippen molar-refractivity contribution in [3.63, 3.8) is 0 Å². The van der Waals surface area contributed by atoms with E-state index >= 15 is 0 Å². The van der Waals surface area contributed by atoms with Crippen molar-refractivity contribution in [3.05, 3.63) is 29.8 Å². The molecule has 0 aromatic heterocycles. The van der Waals surface area contributed by atoms with Gasteiger partial charge in [-0.1, -0.05) is 13.0 Å². The van der Waals surface area contributed by atoms with Gasteiger partial charge in [-0.25, -0.2) is 8.42 Å². The van der Waals surface area contributed by atoms with Crippen LogP contribution in [0.2, 0.25) is 0 Å². The van der Waals surface area contributed by atoms with Crippen molar-refractivity contribution in [1.29, 1.82) is 0 Å². The third-order valence-corrected chi connectivity index (χ3v) is 5.74. The second kappa shape index (κ2) is 6.05. The van der Waals surface area contributed by atoms with Crippen molar-refractivity contribution in [1.82, 2.24) is 4.31 Å². The van der Waals surface area contributed by atoms with Gasteiger partial charge in [0.25, 0.3) is 0 Å². The molecule has 120 valence electrons. The van der Waals surface area contributed by atoms with E-state index in [4.69, 9.17) is 5.73 Å². The van der Waals surface area contributed by atoms with E-state index < -0.39 is 27.9 Å². The van der Waals surface area contributed by atoms with Crippen LogP contribution in [-0.4, -0.2) is 42.3 Å². The molecule has 1 saturated heterocycles. The molecule has 22 heavy (non-hydrogen) atoms. The van der Waals surface area contributed by atoms with Crippen LogP contribution >= 0.6 is 0 Å². The predicted molar refractivity (Wildman–Crippen MR) is 78.7 cm³/mol. The monoisotopic (exact) mass is 326 g/mol. The smallest absolute Gasteiger partial charge is 0.322 e. The van der Waals surface area contributed by atoms with Crippen LogP contribution in [0.5, 0.6) is 0 Å². The third kappa shape index (κ3) is 2.97. The number of carbonyl (C=O) groups is 2. The number of nitrogens with two attached hydrogens (primary N) is 1. The molecule has 2 rings (SSSR count). The van der Waals surface area contributed by atoms with E-state index in [1.54, 1.807) is 6.92 Å². The zero-order valence-corrected chi connectivity index (χ0v) is 12.9. The highest BCUT2D eigenvalue weighted by Gasteiger charge is 2.41. The Balaban J connectivity index is 2.46. The number of sulfonamides is 1. The Labute approximate surface area is 128 Å². The van der Waals surface area contributed by atoms with E-state index in [2.05, 4.69) is 0 Å². The lowest BCUT2D eigenvalue weighted by Crippen LogP contribution is -2.51. The molecule has 0 saturated carbocycles. The molecule has 1 aliphatic heterocycles. The lowest BCUT2D eigenvalue weighted by atomic mass is 9.93. The number of hydrogen-bond donors (Lipinski definition) is 2. The van der Waals surface area contributed by atoms with Crippen LogP contribution < -0.4 is 5.73 Å². The van der Waals surface area contributed by atoms with Gasteiger partial charge in [-0.05, 0) is 37.0 Å². The number of carboxylic acids is 1. The number of carbonyl (C=O) groups excluding carboxylic acids is 1. The molecule has 0 unspecified atom stereocenters. The number of piperidine rings is 1. The average Bonchev–Trinajstić information content (AvgIpc) is 2.46. The van der Waals surface area contributed by atoms with Gasteiger partial charge in [0.1, 0.15) is 6.04 Å². The third-order valence-electron chi connectivity index (χ3n) is 3.87. The molecule has 1 aromatic rings. The molecule has 1 amide bonds. The average molecular weight is 326 g/mol. The van der Waals surface area contributed by atoms with Crippen LogP contribution in [0.1, 0.15) is 30.1 Å². The zero-order valence-electron chi connectivity index (χ0n) is 12.1. The summed E-state index contributed by atoms with van der Waals surface area (Å²) in [6.07, 6.45) is 1.25. The highest BCUT2D eigenvalue weighted by Crippen LogP contribution is 2.29. The lowest BCUT2D eigenvalue weighted by Gasteiger charge is -2.36. The molecule has 2 atom stereocenters. The van der Waals surface area contributed by atoms with Gasteiger partial charge in [0.2, 0.25) is 15.9 Å². The first-order valence-electron chi connectivity index (χ1n) is 6.89. The van der Waals surface area contributed by atoms with Crippen molar-refractivity contribution in [2.75, 3.05) is 6.54 Å². The van der Waals surface area contributed by atoms with Gasteiger partial charge in [0.15, 0.2) is 0 Å². The molecule has 3 N–H and O–H groups in total. The van der Waals surface area contributed by atoms with E-state index in [9.17, 15) is 23.1 Å². The number of carboxylic acid groups (broad SMARTS) is 1. The maximum atomic E-state index is 12.7. The topological polar surface area (TPSA) is 118 Å². The van der Waals surface area contributed by atoms with E-state index in [0.29, 0.717) is 12.8 Å². The Morgan fingerprint density at radius 2 is 2.05 bits per heavy atom. The lowest BCUT2D eigenvalue weighted by molar-refractivity contribution is -0.144. The number of nitrogens with zero attached hydrogens (tertiary/aromatic N) is 1. The molecular weight excluding hydrogens is 308 g/mol. The minimum Gasteiger partial charge on any atom is -0.480 e. The molecule has 1 aliphatic rings. The van der Waals surface area contributed by atoms with Crippen LogP contribution in [0.3, 0.4) is 0 Å². The molecule has 1 fully saturated rings. The molecule has 8 heteroatoms. The number of benzene rings is 1. The molecule has 1 heterocycles. The highest BCUT2D eigenvalue weighted by molar-refractivity contribution is 7.89. The number of amides is 1. The molecular formula is C14H18N2O5S. The van der Waals surface area contributed by atoms with Crippen LogP contribution in [0.15, 0.2) is 29.2 Å². The van der Waals surface area contributed by atoms with Gasteiger partial charge in [-0.3, -0.25) is 9.59 Å². The Morgan fingerprint density at radius 1 is 1.36 bits per heavy atom. The van der Waals surface area contributed by atoms with Crippen molar-refractivity contribution in [3.8, 4) is 0 Å². The summed E-state index contributed by atoms with van der Waals surface area (Å²) < 4.78 is 26.5. The molecule has 0 radical (unpaired) electrons. The molecule has 0 aliphatic carbocycles. The standard InChI is InChI=1S/C14H18N2O5S/c1-9-4-3-7-16(12(9)14(18)19)22(20,21)11-6-2-5-10(8-11)13(15)17/h2,5-6,8-9,12H,3-4,7H2,1H3,(H2,15,17)(H,18,19)/t9-,12+/m1/s1. The summed E-state index contributed by atoms with van der Waals surface area (Å²) in [4.78, 5) is 22.5. The molecule has 7 nitrogen and oxygen atoms in total. The minimum absolute atomic E-state index is 0.0676. The Kier molecular flexibility index (Phi) is 4.52. The number of aliphatic carboxylic acids is 1. The van der Waals surface area contributed by atoms with Gasteiger partial charge in [-0.2, -0.15) is 4.31 Å².